The third kappa shape index (κ3) is 6.96. The number of carboxylic acid groups (broad SMARTS) is 1. The summed E-state index contributed by atoms with van der Waals surface area (Å²) in [5.74, 6) is -1.48. The van der Waals surface area contributed by atoms with Crippen LogP contribution in [-0.2, 0) is 14.3 Å². The molecule has 7 heteroatoms. The van der Waals surface area contributed by atoms with E-state index in [0.29, 0.717) is 19.4 Å². The molecule has 7 nitrogen and oxygen atoms in total. The number of hydrogen-bond donors (Lipinski definition) is 2. The normalized spacial score (nSPS) is 11.8. The number of amides is 2. The molecule has 0 aromatic rings. The van der Waals surface area contributed by atoms with Gasteiger partial charge in [-0.05, 0) is 18.8 Å². The number of carbonyl (C=O) groups excluding carboxylic acids is 2. The Morgan fingerprint density at radius 2 is 1.90 bits per heavy atom. The average Bonchev–Trinajstić information content (AvgIpc) is 2.36. The summed E-state index contributed by atoms with van der Waals surface area (Å²) in [6, 6.07) is -1.52. The zero-order valence-electron chi connectivity index (χ0n) is 12.5. The van der Waals surface area contributed by atoms with Crippen molar-refractivity contribution in [3.05, 3.63) is 0 Å². The van der Waals surface area contributed by atoms with Gasteiger partial charge in [-0.1, -0.05) is 20.8 Å². The number of hydrogen-bond acceptors (Lipinski definition) is 4. The molecular formula is C13H24N2O5. The third-order valence-corrected chi connectivity index (χ3v) is 2.63. The highest BCUT2D eigenvalue weighted by molar-refractivity contribution is 5.85. The van der Waals surface area contributed by atoms with E-state index in [1.807, 2.05) is 20.8 Å². The van der Waals surface area contributed by atoms with Gasteiger partial charge in [0.05, 0.1) is 7.11 Å². The van der Waals surface area contributed by atoms with Crippen LogP contribution in [-0.4, -0.2) is 54.2 Å². The molecule has 0 saturated heterocycles. The standard InChI is InChI=1S/C13H24N2O5/c1-5-6-15(8-11(16)20-4)13(19)14-10(12(17)18)7-9(2)3/h9-10H,5-8H2,1-4H3,(H,14,19)(H,17,18)/t10-/m1/s1. The Morgan fingerprint density at radius 1 is 1.30 bits per heavy atom. The third-order valence-electron chi connectivity index (χ3n) is 2.63. The molecule has 0 aliphatic rings. The van der Waals surface area contributed by atoms with E-state index in [4.69, 9.17) is 5.11 Å². The van der Waals surface area contributed by atoms with Crippen molar-refractivity contribution in [1.29, 1.82) is 0 Å². The second-order valence-corrected chi connectivity index (χ2v) is 4.97. The largest absolute Gasteiger partial charge is 0.480 e. The van der Waals surface area contributed by atoms with Gasteiger partial charge in [-0.25, -0.2) is 9.59 Å². The van der Waals surface area contributed by atoms with Crippen molar-refractivity contribution in [2.75, 3.05) is 20.2 Å². The molecule has 0 unspecified atom stereocenters. The number of carbonyl (C=O) groups is 3. The summed E-state index contributed by atoms with van der Waals surface area (Å²) in [5.41, 5.74) is 0. The van der Waals surface area contributed by atoms with Crippen LogP contribution >= 0.6 is 0 Å². The Balaban J connectivity index is 4.70. The molecule has 0 spiro atoms. The molecule has 0 aromatic carbocycles. The van der Waals surface area contributed by atoms with E-state index < -0.39 is 24.0 Å². The number of aliphatic carboxylic acids is 1. The lowest BCUT2D eigenvalue weighted by atomic mass is 10.0. The first-order chi connectivity index (χ1) is 9.31. The minimum Gasteiger partial charge on any atom is -0.480 e. The van der Waals surface area contributed by atoms with Gasteiger partial charge < -0.3 is 20.1 Å². The zero-order chi connectivity index (χ0) is 15.7. The maximum Gasteiger partial charge on any atom is 0.326 e. The molecule has 20 heavy (non-hydrogen) atoms. The Hall–Kier alpha value is -1.79. The number of carboxylic acids is 1. The molecule has 0 aliphatic carbocycles. The van der Waals surface area contributed by atoms with Gasteiger partial charge in [0.2, 0.25) is 0 Å². The number of methoxy groups -OCH3 is 1. The fourth-order valence-electron chi connectivity index (χ4n) is 1.68. The van der Waals surface area contributed by atoms with Crippen molar-refractivity contribution in [2.24, 2.45) is 5.92 Å². The maximum atomic E-state index is 12.0. The van der Waals surface area contributed by atoms with Crippen LogP contribution in [0.25, 0.3) is 0 Å². The number of nitrogens with zero attached hydrogens (tertiary/aromatic N) is 1. The molecule has 2 amide bonds. The van der Waals surface area contributed by atoms with E-state index in [1.165, 1.54) is 12.0 Å². The van der Waals surface area contributed by atoms with Crippen LogP contribution < -0.4 is 5.32 Å². The first-order valence-electron chi connectivity index (χ1n) is 6.66. The number of rotatable bonds is 8. The van der Waals surface area contributed by atoms with Crippen molar-refractivity contribution in [2.45, 2.75) is 39.7 Å². The van der Waals surface area contributed by atoms with Crippen molar-refractivity contribution >= 4 is 18.0 Å². The minimum absolute atomic E-state index is 0.136. The second-order valence-electron chi connectivity index (χ2n) is 4.97. The summed E-state index contributed by atoms with van der Waals surface area (Å²) >= 11 is 0. The monoisotopic (exact) mass is 288 g/mol. The quantitative estimate of drug-likeness (QED) is 0.652. The Kier molecular flexibility index (Phi) is 8.35. The number of nitrogens with one attached hydrogen (secondary N) is 1. The first kappa shape index (κ1) is 18.2. The fourth-order valence-corrected chi connectivity index (χ4v) is 1.68. The van der Waals surface area contributed by atoms with Gasteiger partial charge in [-0.2, -0.15) is 0 Å². The van der Waals surface area contributed by atoms with Gasteiger partial charge in [0, 0.05) is 6.54 Å². The maximum absolute atomic E-state index is 12.0. The minimum atomic E-state index is -1.08. The highest BCUT2D eigenvalue weighted by atomic mass is 16.5. The van der Waals surface area contributed by atoms with Crippen LogP contribution in [0.15, 0.2) is 0 Å². The number of ether oxygens (including phenoxy) is 1. The van der Waals surface area contributed by atoms with Crippen LogP contribution in [0.2, 0.25) is 0 Å². The second kappa shape index (κ2) is 9.17. The van der Waals surface area contributed by atoms with Gasteiger partial charge in [0.1, 0.15) is 12.6 Å². The van der Waals surface area contributed by atoms with E-state index in [1.54, 1.807) is 0 Å². The Bertz CT molecular complexity index is 344. The van der Waals surface area contributed by atoms with Gasteiger partial charge >= 0.3 is 18.0 Å². The predicted octanol–water partition coefficient (Wildman–Crippen LogP) is 1.08. The summed E-state index contributed by atoms with van der Waals surface area (Å²) in [6.45, 7) is 5.78. The van der Waals surface area contributed by atoms with Crippen molar-refractivity contribution < 1.29 is 24.2 Å². The lowest BCUT2D eigenvalue weighted by molar-refractivity contribution is -0.141. The molecule has 0 radical (unpaired) electrons. The first-order valence-corrected chi connectivity index (χ1v) is 6.66. The Labute approximate surface area is 119 Å². The molecule has 116 valence electrons. The summed E-state index contributed by atoms with van der Waals surface area (Å²) < 4.78 is 4.52. The molecule has 0 fully saturated rings. The predicted molar refractivity (Wildman–Crippen MR) is 73.3 cm³/mol. The van der Waals surface area contributed by atoms with Crippen LogP contribution in [0.1, 0.15) is 33.6 Å². The molecule has 0 bridgehead atoms. The van der Waals surface area contributed by atoms with Crippen LogP contribution in [0.5, 0.6) is 0 Å². The van der Waals surface area contributed by atoms with E-state index in [0.717, 1.165) is 0 Å². The fraction of sp³-hybridized carbons (Fsp3) is 0.769. The molecule has 2 N–H and O–H groups in total. The van der Waals surface area contributed by atoms with Gasteiger partial charge in [-0.3, -0.25) is 4.79 Å². The molecule has 0 aliphatic heterocycles. The van der Waals surface area contributed by atoms with Crippen LogP contribution in [0.3, 0.4) is 0 Å². The molecule has 0 rings (SSSR count). The van der Waals surface area contributed by atoms with Crippen molar-refractivity contribution in [3.63, 3.8) is 0 Å². The van der Waals surface area contributed by atoms with Crippen LogP contribution in [0, 0.1) is 5.92 Å². The number of esters is 1. The van der Waals surface area contributed by atoms with E-state index >= 15 is 0 Å². The summed E-state index contributed by atoms with van der Waals surface area (Å²) in [7, 11) is 1.24. The lowest BCUT2D eigenvalue weighted by Gasteiger charge is -2.24. The molecule has 0 heterocycles. The molecule has 0 aromatic heterocycles. The average molecular weight is 288 g/mol. The topological polar surface area (TPSA) is 95.9 Å². The molecule has 1 atom stereocenters. The smallest absolute Gasteiger partial charge is 0.326 e. The van der Waals surface area contributed by atoms with Gasteiger partial charge in [0.25, 0.3) is 0 Å². The van der Waals surface area contributed by atoms with Gasteiger partial charge in [-0.15, -0.1) is 0 Å². The summed E-state index contributed by atoms with van der Waals surface area (Å²) in [4.78, 5) is 35.6. The summed E-state index contributed by atoms with van der Waals surface area (Å²) in [6.07, 6.45) is 0.992. The van der Waals surface area contributed by atoms with E-state index in [9.17, 15) is 14.4 Å². The summed E-state index contributed by atoms with van der Waals surface area (Å²) in [5, 5.41) is 11.5. The zero-order valence-corrected chi connectivity index (χ0v) is 12.5. The van der Waals surface area contributed by atoms with Gasteiger partial charge in [0.15, 0.2) is 0 Å². The molecule has 0 saturated carbocycles. The van der Waals surface area contributed by atoms with Crippen LogP contribution in [0.4, 0.5) is 4.79 Å². The highest BCUT2D eigenvalue weighted by Gasteiger charge is 2.24. The highest BCUT2D eigenvalue weighted by Crippen LogP contribution is 2.06. The lowest BCUT2D eigenvalue weighted by Crippen LogP contribution is -2.50. The van der Waals surface area contributed by atoms with Crippen molar-refractivity contribution in [1.82, 2.24) is 10.2 Å². The number of urea groups is 1. The Morgan fingerprint density at radius 3 is 2.30 bits per heavy atom. The SMILES string of the molecule is CCCN(CC(=O)OC)C(=O)N[C@H](CC(C)C)C(=O)O. The van der Waals surface area contributed by atoms with E-state index in [2.05, 4.69) is 10.1 Å². The van der Waals surface area contributed by atoms with Crippen molar-refractivity contribution in [3.8, 4) is 0 Å². The van der Waals surface area contributed by atoms with E-state index in [-0.39, 0.29) is 12.5 Å². The molecular weight excluding hydrogens is 264 g/mol.